The molecule has 1 aliphatic heterocycles. The van der Waals surface area contributed by atoms with Crippen LogP contribution in [0.15, 0.2) is 24.3 Å². The lowest BCUT2D eigenvalue weighted by Crippen LogP contribution is -2.53. The van der Waals surface area contributed by atoms with Crippen molar-refractivity contribution in [2.45, 2.75) is 51.6 Å². The molecule has 0 bridgehead atoms. The summed E-state index contributed by atoms with van der Waals surface area (Å²) in [7, 11) is 0. The summed E-state index contributed by atoms with van der Waals surface area (Å²) in [5, 5.41) is 0.760. The van der Waals surface area contributed by atoms with Crippen LogP contribution in [-0.2, 0) is 11.2 Å². The van der Waals surface area contributed by atoms with E-state index in [9.17, 15) is 4.79 Å². The minimum atomic E-state index is 0.109. The zero-order valence-electron chi connectivity index (χ0n) is 11.9. The van der Waals surface area contributed by atoms with Crippen LogP contribution in [0.3, 0.4) is 0 Å². The standard InChI is InChI=1S/C16H22ClNO/c1-16(2,3)18-9-8-15(19)11-14(18)10-12-4-6-13(17)7-5-12/h4-7,14H,8-11H2,1-3H3/t14-/m0/s1. The molecule has 2 nitrogen and oxygen atoms in total. The van der Waals surface area contributed by atoms with Gasteiger partial charge in [-0.05, 0) is 44.9 Å². The van der Waals surface area contributed by atoms with E-state index >= 15 is 0 Å². The fourth-order valence-corrected chi connectivity index (χ4v) is 2.99. The predicted molar refractivity (Wildman–Crippen MR) is 79.6 cm³/mol. The molecule has 2 rings (SSSR count). The van der Waals surface area contributed by atoms with E-state index in [-0.39, 0.29) is 5.54 Å². The van der Waals surface area contributed by atoms with E-state index in [0.29, 0.717) is 24.7 Å². The van der Waals surface area contributed by atoms with Gasteiger partial charge in [-0.25, -0.2) is 0 Å². The third-order valence-electron chi connectivity index (χ3n) is 3.78. The van der Waals surface area contributed by atoms with Gasteiger partial charge in [0.1, 0.15) is 5.78 Å². The highest BCUT2D eigenvalue weighted by molar-refractivity contribution is 6.30. The van der Waals surface area contributed by atoms with Gasteiger partial charge in [0.15, 0.2) is 0 Å². The smallest absolute Gasteiger partial charge is 0.135 e. The van der Waals surface area contributed by atoms with Gasteiger partial charge in [0.2, 0.25) is 0 Å². The first-order chi connectivity index (χ1) is 8.86. The van der Waals surface area contributed by atoms with Gasteiger partial charge in [0.05, 0.1) is 0 Å². The Morgan fingerprint density at radius 3 is 2.47 bits per heavy atom. The van der Waals surface area contributed by atoms with Crippen molar-refractivity contribution in [2.75, 3.05) is 6.54 Å². The number of carbonyl (C=O) groups excluding carboxylic acids is 1. The lowest BCUT2D eigenvalue weighted by molar-refractivity contribution is -0.124. The van der Waals surface area contributed by atoms with E-state index in [2.05, 4.69) is 37.8 Å². The van der Waals surface area contributed by atoms with Gasteiger partial charge in [0.25, 0.3) is 0 Å². The highest BCUT2D eigenvalue weighted by Gasteiger charge is 2.33. The normalized spacial score (nSPS) is 21.7. The third-order valence-corrected chi connectivity index (χ3v) is 4.03. The van der Waals surface area contributed by atoms with E-state index in [4.69, 9.17) is 11.6 Å². The summed E-state index contributed by atoms with van der Waals surface area (Å²) in [5.41, 5.74) is 1.36. The van der Waals surface area contributed by atoms with E-state index < -0.39 is 0 Å². The second-order valence-electron chi connectivity index (χ2n) is 6.34. The van der Waals surface area contributed by atoms with Gasteiger partial charge in [-0.2, -0.15) is 0 Å². The fraction of sp³-hybridized carbons (Fsp3) is 0.562. The van der Waals surface area contributed by atoms with Crippen molar-refractivity contribution in [2.24, 2.45) is 0 Å². The van der Waals surface area contributed by atoms with Crippen LogP contribution >= 0.6 is 11.6 Å². The average Bonchev–Trinajstić information content (AvgIpc) is 2.30. The van der Waals surface area contributed by atoms with E-state index in [1.807, 2.05) is 12.1 Å². The first-order valence-corrected chi connectivity index (χ1v) is 7.27. The van der Waals surface area contributed by atoms with Crippen LogP contribution in [0.25, 0.3) is 0 Å². The van der Waals surface area contributed by atoms with Crippen molar-refractivity contribution in [1.82, 2.24) is 4.90 Å². The van der Waals surface area contributed by atoms with Gasteiger partial charge in [-0.15, -0.1) is 0 Å². The number of rotatable bonds is 2. The highest BCUT2D eigenvalue weighted by Crippen LogP contribution is 2.26. The second kappa shape index (κ2) is 5.64. The first-order valence-electron chi connectivity index (χ1n) is 6.89. The molecule has 0 spiro atoms. The Hall–Kier alpha value is -0.860. The minimum absolute atomic E-state index is 0.109. The summed E-state index contributed by atoms with van der Waals surface area (Å²) in [6.45, 7) is 7.54. The van der Waals surface area contributed by atoms with Crippen molar-refractivity contribution >= 4 is 17.4 Å². The second-order valence-corrected chi connectivity index (χ2v) is 6.78. The van der Waals surface area contributed by atoms with Crippen molar-refractivity contribution in [3.05, 3.63) is 34.9 Å². The van der Waals surface area contributed by atoms with Gasteiger partial charge in [0, 0.05) is 36.0 Å². The molecule has 1 heterocycles. The van der Waals surface area contributed by atoms with E-state index in [0.717, 1.165) is 18.0 Å². The largest absolute Gasteiger partial charge is 0.300 e. The van der Waals surface area contributed by atoms with Crippen LogP contribution in [0.2, 0.25) is 5.02 Å². The average molecular weight is 280 g/mol. The number of hydrogen-bond donors (Lipinski definition) is 0. The number of piperidine rings is 1. The fourth-order valence-electron chi connectivity index (χ4n) is 2.86. The highest BCUT2D eigenvalue weighted by atomic mass is 35.5. The number of carbonyl (C=O) groups is 1. The lowest BCUT2D eigenvalue weighted by Gasteiger charge is -2.44. The number of halogens is 1. The Kier molecular flexibility index (Phi) is 4.32. The van der Waals surface area contributed by atoms with Crippen molar-refractivity contribution in [1.29, 1.82) is 0 Å². The van der Waals surface area contributed by atoms with Crippen molar-refractivity contribution in [3.8, 4) is 0 Å². The molecule has 0 aromatic heterocycles. The van der Waals surface area contributed by atoms with Crippen LogP contribution < -0.4 is 0 Å². The summed E-state index contributed by atoms with van der Waals surface area (Å²) in [5.74, 6) is 0.388. The molecule has 0 saturated carbocycles. The third kappa shape index (κ3) is 3.80. The maximum Gasteiger partial charge on any atom is 0.135 e. The Balaban J connectivity index is 2.14. The van der Waals surface area contributed by atoms with Gasteiger partial charge in [-0.1, -0.05) is 23.7 Å². The lowest BCUT2D eigenvalue weighted by atomic mass is 9.90. The first kappa shape index (κ1) is 14.5. The summed E-state index contributed by atoms with van der Waals surface area (Å²) >= 11 is 5.91. The molecule has 1 aliphatic rings. The number of hydrogen-bond acceptors (Lipinski definition) is 2. The molecule has 3 heteroatoms. The molecular weight excluding hydrogens is 258 g/mol. The zero-order chi connectivity index (χ0) is 14.0. The molecular formula is C16H22ClNO. The van der Waals surface area contributed by atoms with Gasteiger partial charge in [-0.3, -0.25) is 9.69 Å². The monoisotopic (exact) mass is 279 g/mol. The minimum Gasteiger partial charge on any atom is -0.300 e. The number of benzene rings is 1. The van der Waals surface area contributed by atoms with Crippen LogP contribution in [0.4, 0.5) is 0 Å². The molecule has 1 fully saturated rings. The van der Waals surface area contributed by atoms with Crippen LogP contribution in [0.5, 0.6) is 0 Å². The molecule has 104 valence electrons. The molecule has 0 N–H and O–H groups in total. The Bertz CT molecular complexity index is 447. The van der Waals surface area contributed by atoms with Gasteiger partial charge < -0.3 is 0 Å². The molecule has 0 radical (unpaired) electrons. The summed E-state index contributed by atoms with van der Waals surface area (Å²) in [6.07, 6.45) is 2.27. The SMILES string of the molecule is CC(C)(C)N1CCC(=O)C[C@@H]1Cc1ccc(Cl)cc1. The molecule has 0 aliphatic carbocycles. The molecule has 0 unspecified atom stereocenters. The molecule has 1 aromatic carbocycles. The van der Waals surface area contributed by atoms with Crippen molar-refractivity contribution < 1.29 is 4.79 Å². The zero-order valence-corrected chi connectivity index (χ0v) is 12.7. The predicted octanol–water partition coefficient (Wildman–Crippen LogP) is 3.71. The summed E-state index contributed by atoms with van der Waals surface area (Å²) in [6, 6.07) is 8.26. The van der Waals surface area contributed by atoms with E-state index in [1.54, 1.807) is 0 Å². The van der Waals surface area contributed by atoms with Crippen molar-refractivity contribution in [3.63, 3.8) is 0 Å². The maximum atomic E-state index is 11.7. The number of likely N-dealkylation sites (tertiary alicyclic amines) is 1. The van der Waals surface area contributed by atoms with Crippen LogP contribution in [0.1, 0.15) is 39.2 Å². The number of ketones is 1. The van der Waals surface area contributed by atoms with Gasteiger partial charge >= 0.3 is 0 Å². The maximum absolute atomic E-state index is 11.7. The molecule has 1 atom stereocenters. The Morgan fingerprint density at radius 1 is 1.26 bits per heavy atom. The molecule has 19 heavy (non-hydrogen) atoms. The molecule has 1 saturated heterocycles. The number of Topliss-reactive ketones (excluding diaryl/α,β-unsaturated/α-hetero) is 1. The van der Waals surface area contributed by atoms with Crippen LogP contribution in [0, 0.1) is 0 Å². The van der Waals surface area contributed by atoms with Crippen LogP contribution in [-0.4, -0.2) is 28.8 Å². The van der Waals surface area contributed by atoms with E-state index in [1.165, 1.54) is 5.56 Å². The quantitative estimate of drug-likeness (QED) is 0.822. The summed E-state index contributed by atoms with van der Waals surface area (Å²) in [4.78, 5) is 14.2. The number of nitrogens with zero attached hydrogens (tertiary/aromatic N) is 1. The molecule has 0 amide bonds. The topological polar surface area (TPSA) is 20.3 Å². The molecule has 1 aromatic rings. The summed E-state index contributed by atoms with van der Waals surface area (Å²) < 4.78 is 0. The Labute approximate surface area is 120 Å². The Morgan fingerprint density at radius 2 is 1.89 bits per heavy atom.